The molecule has 0 aliphatic carbocycles. The SMILES string of the molecule is CCCNCC1CCC(CN(CC)C(C)COC)O1. The van der Waals surface area contributed by atoms with Gasteiger partial charge in [-0.05, 0) is 39.3 Å². The Hall–Kier alpha value is -0.160. The highest BCUT2D eigenvalue weighted by Crippen LogP contribution is 2.20. The summed E-state index contributed by atoms with van der Waals surface area (Å²) in [6, 6.07) is 0.468. The third-order valence-corrected chi connectivity index (χ3v) is 3.87. The maximum Gasteiger partial charge on any atom is 0.0707 e. The Balaban J connectivity index is 2.25. The first-order valence-corrected chi connectivity index (χ1v) is 7.80. The highest BCUT2D eigenvalue weighted by Gasteiger charge is 2.27. The lowest BCUT2D eigenvalue weighted by molar-refractivity contribution is 0.00772. The lowest BCUT2D eigenvalue weighted by Gasteiger charge is -2.29. The molecule has 1 rings (SSSR count). The molecule has 0 amide bonds. The first-order chi connectivity index (χ1) is 9.21. The Morgan fingerprint density at radius 1 is 1.32 bits per heavy atom. The van der Waals surface area contributed by atoms with Crippen molar-refractivity contribution in [2.75, 3.05) is 39.9 Å². The van der Waals surface area contributed by atoms with Gasteiger partial charge in [-0.15, -0.1) is 0 Å². The van der Waals surface area contributed by atoms with Gasteiger partial charge in [0.25, 0.3) is 0 Å². The minimum absolute atomic E-state index is 0.396. The summed E-state index contributed by atoms with van der Waals surface area (Å²) in [5.74, 6) is 0. The van der Waals surface area contributed by atoms with Gasteiger partial charge in [-0.25, -0.2) is 0 Å². The van der Waals surface area contributed by atoms with E-state index in [1.807, 2.05) is 0 Å². The zero-order valence-corrected chi connectivity index (χ0v) is 13.2. The standard InChI is InChI=1S/C15H32N2O2/c1-5-9-16-10-14-7-8-15(19-14)11-17(6-2)13(3)12-18-4/h13-16H,5-12H2,1-4H3. The molecule has 4 nitrogen and oxygen atoms in total. The molecule has 0 radical (unpaired) electrons. The number of likely N-dealkylation sites (N-methyl/N-ethyl adjacent to an activating group) is 1. The highest BCUT2D eigenvalue weighted by atomic mass is 16.5. The first kappa shape index (κ1) is 16.9. The van der Waals surface area contributed by atoms with Gasteiger partial charge in [-0.3, -0.25) is 4.90 Å². The Kier molecular flexibility index (Phi) is 8.62. The molecule has 19 heavy (non-hydrogen) atoms. The molecule has 1 aliphatic rings. The fraction of sp³-hybridized carbons (Fsp3) is 1.00. The number of nitrogens with zero attached hydrogens (tertiary/aromatic N) is 1. The van der Waals surface area contributed by atoms with Gasteiger partial charge in [0, 0.05) is 26.2 Å². The van der Waals surface area contributed by atoms with Crippen molar-refractivity contribution in [1.82, 2.24) is 10.2 Å². The molecule has 0 aromatic rings. The molecular formula is C15H32N2O2. The Morgan fingerprint density at radius 3 is 2.68 bits per heavy atom. The lowest BCUT2D eigenvalue weighted by atomic mass is 10.1. The quantitative estimate of drug-likeness (QED) is 0.616. The van der Waals surface area contributed by atoms with Crippen molar-refractivity contribution in [3.63, 3.8) is 0 Å². The molecule has 1 N–H and O–H groups in total. The van der Waals surface area contributed by atoms with E-state index >= 15 is 0 Å². The molecule has 0 aromatic carbocycles. The van der Waals surface area contributed by atoms with Gasteiger partial charge in [-0.1, -0.05) is 13.8 Å². The molecule has 1 saturated heterocycles. The van der Waals surface area contributed by atoms with Crippen molar-refractivity contribution in [3.05, 3.63) is 0 Å². The molecular weight excluding hydrogens is 240 g/mol. The number of rotatable bonds is 10. The number of ether oxygens (including phenoxy) is 2. The summed E-state index contributed by atoms with van der Waals surface area (Å²) in [4.78, 5) is 2.45. The minimum Gasteiger partial charge on any atom is -0.383 e. The van der Waals surface area contributed by atoms with Crippen LogP contribution in [0.25, 0.3) is 0 Å². The van der Waals surface area contributed by atoms with E-state index in [0.29, 0.717) is 18.2 Å². The molecule has 114 valence electrons. The summed E-state index contributed by atoms with van der Waals surface area (Å²) in [6.45, 7) is 11.6. The molecule has 0 aromatic heterocycles. The summed E-state index contributed by atoms with van der Waals surface area (Å²) < 4.78 is 11.4. The van der Waals surface area contributed by atoms with Crippen LogP contribution in [0.5, 0.6) is 0 Å². The molecule has 0 saturated carbocycles. The predicted octanol–water partition coefficient (Wildman–Crippen LogP) is 1.89. The second kappa shape index (κ2) is 9.70. The molecule has 1 heterocycles. The van der Waals surface area contributed by atoms with Crippen LogP contribution in [0.2, 0.25) is 0 Å². The van der Waals surface area contributed by atoms with Gasteiger partial charge in [0.15, 0.2) is 0 Å². The summed E-state index contributed by atoms with van der Waals surface area (Å²) in [6.07, 6.45) is 4.38. The van der Waals surface area contributed by atoms with Gasteiger partial charge in [0.2, 0.25) is 0 Å². The van der Waals surface area contributed by atoms with Crippen molar-refractivity contribution in [2.45, 2.75) is 58.3 Å². The zero-order valence-electron chi connectivity index (χ0n) is 13.2. The van der Waals surface area contributed by atoms with E-state index in [1.165, 1.54) is 19.3 Å². The maximum atomic E-state index is 6.12. The van der Waals surface area contributed by atoms with Crippen LogP contribution in [0.3, 0.4) is 0 Å². The van der Waals surface area contributed by atoms with Crippen LogP contribution in [0.4, 0.5) is 0 Å². The van der Waals surface area contributed by atoms with Crippen molar-refractivity contribution in [3.8, 4) is 0 Å². The Labute approximate surface area is 118 Å². The Bertz CT molecular complexity index is 226. The van der Waals surface area contributed by atoms with Crippen LogP contribution in [0.15, 0.2) is 0 Å². The average molecular weight is 272 g/mol. The van der Waals surface area contributed by atoms with Crippen molar-refractivity contribution < 1.29 is 9.47 Å². The third kappa shape index (κ3) is 6.21. The van der Waals surface area contributed by atoms with Gasteiger partial charge in [0.1, 0.15) is 0 Å². The first-order valence-electron chi connectivity index (χ1n) is 7.80. The van der Waals surface area contributed by atoms with Crippen LogP contribution in [0, 0.1) is 0 Å². The van der Waals surface area contributed by atoms with Gasteiger partial charge in [-0.2, -0.15) is 0 Å². The van der Waals surface area contributed by atoms with Crippen LogP contribution in [-0.2, 0) is 9.47 Å². The summed E-state index contributed by atoms with van der Waals surface area (Å²) >= 11 is 0. The second-order valence-corrected chi connectivity index (χ2v) is 5.55. The lowest BCUT2D eigenvalue weighted by Crippen LogP contribution is -2.41. The van der Waals surface area contributed by atoms with Gasteiger partial charge < -0.3 is 14.8 Å². The van der Waals surface area contributed by atoms with E-state index in [9.17, 15) is 0 Å². The topological polar surface area (TPSA) is 33.7 Å². The highest BCUT2D eigenvalue weighted by molar-refractivity contribution is 4.79. The monoisotopic (exact) mass is 272 g/mol. The third-order valence-electron chi connectivity index (χ3n) is 3.87. The van der Waals surface area contributed by atoms with Crippen LogP contribution < -0.4 is 5.32 Å². The number of methoxy groups -OCH3 is 1. The van der Waals surface area contributed by atoms with E-state index in [4.69, 9.17) is 9.47 Å². The summed E-state index contributed by atoms with van der Waals surface area (Å²) in [7, 11) is 1.77. The Morgan fingerprint density at radius 2 is 2.05 bits per heavy atom. The van der Waals surface area contributed by atoms with E-state index < -0.39 is 0 Å². The second-order valence-electron chi connectivity index (χ2n) is 5.55. The largest absolute Gasteiger partial charge is 0.383 e. The number of hydrogen-bond acceptors (Lipinski definition) is 4. The molecule has 1 fully saturated rings. The summed E-state index contributed by atoms with van der Waals surface area (Å²) in [5.41, 5.74) is 0. The number of hydrogen-bond donors (Lipinski definition) is 1. The fourth-order valence-electron chi connectivity index (χ4n) is 2.73. The predicted molar refractivity (Wildman–Crippen MR) is 79.6 cm³/mol. The van der Waals surface area contributed by atoms with E-state index in [0.717, 1.165) is 32.8 Å². The van der Waals surface area contributed by atoms with Gasteiger partial charge >= 0.3 is 0 Å². The summed E-state index contributed by atoms with van der Waals surface area (Å²) in [5, 5.41) is 3.45. The fourth-order valence-corrected chi connectivity index (χ4v) is 2.73. The molecule has 1 aliphatic heterocycles. The molecule has 0 spiro atoms. The van der Waals surface area contributed by atoms with Crippen LogP contribution >= 0.6 is 0 Å². The minimum atomic E-state index is 0.396. The zero-order chi connectivity index (χ0) is 14.1. The molecule has 4 heteroatoms. The maximum absolute atomic E-state index is 6.12. The van der Waals surface area contributed by atoms with E-state index in [-0.39, 0.29) is 0 Å². The molecule has 0 bridgehead atoms. The van der Waals surface area contributed by atoms with E-state index in [1.54, 1.807) is 7.11 Å². The van der Waals surface area contributed by atoms with Crippen molar-refractivity contribution >= 4 is 0 Å². The normalized spacial score (nSPS) is 25.1. The number of nitrogens with one attached hydrogen (secondary N) is 1. The molecule has 3 atom stereocenters. The smallest absolute Gasteiger partial charge is 0.0707 e. The van der Waals surface area contributed by atoms with Crippen molar-refractivity contribution in [2.24, 2.45) is 0 Å². The van der Waals surface area contributed by atoms with Crippen molar-refractivity contribution in [1.29, 1.82) is 0 Å². The van der Waals surface area contributed by atoms with Crippen LogP contribution in [-0.4, -0.2) is 63.0 Å². The van der Waals surface area contributed by atoms with Crippen LogP contribution in [0.1, 0.15) is 40.0 Å². The van der Waals surface area contributed by atoms with Gasteiger partial charge in [0.05, 0.1) is 18.8 Å². The average Bonchev–Trinajstić information content (AvgIpc) is 2.84. The van der Waals surface area contributed by atoms with E-state index in [2.05, 4.69) is 31.0 Å². The molecule has 3 unspecified atom stereocenters.